The van der Waals surface area contributed by atoms with Crippen molar-refractivity contribution < 1.29 is 19.2 Å². The van der Waals surface area contributed by atoms with Gasteiger partial charge >= 0.3 is 5.69 Å². The van der Waals surface area contributed by atoms with E-state index in [1.807, 2.05) is 0 Å². The molecule has 1 saturated heterocycles. The number of rotatable bonds is 5. The van der Waals surface area contributed by atoms with E-state index in [-0.39, 0.29) is 22.9 Å². The molecular weight excluding hydrogens is 338 g/mol. The van der Waals surface area contributed by atoms with Crippen LogP contribution in [0.4, 0.5) is 17.1 Å². The van der Waals surface area contributed by atoms with E-state index in [9.17, 15) is 19.7 Å². The Morgan fingerprint density at radius 2 is 2.08 bits per heavy atom. The summed E-state index contributed by atoms with van der Waals surface area (Å²) in [5.41, 5.74) is 1.08. The maximum absolute atomic E-state index is 12.4. The highest BCUT2D eigenvalue weighted by Crippen LogP contribution is 2.28. The number of benzene rings is 2. The Morgan fingerprint density at radius 3 is 2.73 bits per heavy atom. The normalized spacial score (nSPS) is 13.6. The molecule has 1 N–H and O–H groups in total. The summed E-state index contributed by atoms with van der Waals surface area (Å²) in [5.74, 6) is -0.346. The van der Waals surface area contributed by atoms with Crippen LogP contribution < -0.4 is 15.0 Å². The molecule has 0 bridgehead atoms. The van der Waals surface area contributed by atoms with Gasteiger partial charge in [-0.3, -0.25) is 19.7 Å². The van der Waals surface area contributed by atoms with Gasteiger partial charge in [0.05, 0.1) is 12.0 Å². The predicted molar refractivity (Wildman–Crippen MR) is 95.6 cm³/mol. The van der Waals surface area contributed by atoms with Crippen LogP contribution in [0.2, 0.25) is 0 Å². The van der Waals surface area contributed by atoms with Crippen LogP contribution in [0.5, 0.6) is 5.75 Å². The van der Waals surface area contributed by atoms with E-state index in [0.29, 0.717) is 24.3 Å². The second-order valence-electron chi connectivity index (χ2n) is 5.80. The molecule has 134 valence electrons. The third-order valence-electron chi connectivity index (χ3n) is 4.13. The number of carbonyl (C=O) groups is 2. The molecule has 0 spiro atoms. The molecule has 0 saturated carbocycles. The van der Waals surface area contributed by atoms with Crippen LogP contribution in [-0.2, 0) is 4.79 Å². The summed E-state index contributed by atoms with van der Waals surface area (Å²) in [7, 11) is 1.33. The number of methoxy groups -OCH3 is 1. The van der Waals surface area contributed by atoms with Gasteiger partial charge < -0.3 is 15.0 Å². The van der Waals surface area contributed by atoms with Crippen LogP contribution in [0.15, 0.2) is 42.5 Å². The first-order valence-electron chi connectivity index (χ1n) is 8.04. The molecule has 26 heavy (non-hydrogen) atoms. The summed E-state index contributed by atoms with van der Waals surface area (Å²) in [6, 6.07) is 11.0. The third kappa shape index (κ3) is 3.49. The SMILES string of the molecule is COc1ccc(C(=O)Nc2cccc(N3CCCC3=O)c2)cc1[N+](=O)[O-]. The molecule has 0 aromatic heterocycles. The Balaban J connectivity index is 1.81. The molecule has 1 aliphatic heterocycles. The molecule has 1 aliphatic rings. The number of amides is 2. The van der Waals surface area contributed by atoms with Crippen molar-refractivity contribution in [2.24, 2.45) is 0 Å². The van der Waals surface area contributed by atoms with Gasteiger partial charge in [0.1, 0.15) is 0 Å². The van der Waals surface area contributed by atoms with Crippen LogP contribution in [-0.4, -0.2) is 30.4 Å². The molecule has 0 unspecified atom stereocenters. The molecule has 2 aromatic rings. The first kappa shape index (κ1) is 17.4. The molecular formula is C18H17N3O5. The molecule has 1 heterocycles. The molecule has 2 amide bonds. The summed E-state index contributed by atoms with van der Waals surface area (Å²) < 4.78 is 4.93. The fourth-order valence-electron chi connectivity index (χ4n) is 2.85. The third-order valence-corrected chi connectivity index (χ3v) is 4.13. The monoisotopic (exact) mass is 355 g/mol. The summed E-state index contributed by atoms with van der Waals surface area (Å²) >= 11 is 0. The van der Waals surface area contributed by atoms with Crippen molar-refractivity contribution in [1.82, 2.24) is 0 Å². The maximum atomic E-state index is 12.4. The molecule has 8 nitrogen and oxygen atoms in total. The Morgan fingerprint density at radius 1 is 1.27 bits per heavy atom. The van der Waals surface area contributed by atoms with Crippen molar-refractivity contribution in [3.8, 4) is 5.75 Å². The van der Waals surface area contributed by atoms with E-state index in [1.165, 1.54) is 25.3 Å². The molecule has 0 radical (unpaired) electrons. The van der Waals surface area contributed by atoms with Crippen molar-refractivity contribution in [3.05, 3.63) is 58.1 Å². The fourth-order valence-corrected chi connectivity index (χ4v) is 2.85. The minimum Gasteiger partial charge on any atom is -0.490 e. The number of carbonyl (C=O) groups excluding carboxylic acids is 2. The number of nitrogens with zero attached hydrogens (tertiary/aromatic N) is 2. The number of nitrogens with one attached hydrogen (secondary N) is 1. The van der Waals surface area contributed by atoms with Crippen LogP contribution in [0.3, 0.4) is 0 Å². The van der Waals surface area contributed by atoms with Gasteiger partial charge in [0, 0.05) is 36.0 Å². The molecule has 0 aliphatic carbocycles. The average Bonchev–Trinajstić information content (AvgIpc) is 3.07. The highest BCUT2D eigenvalue weighted by Gasteiger charge is 2.22. The quantitative estimate of drug-likeness (QED) is 0.656. The van der Waals surface area contributed by atoms with E-state index >= 15 is 0 Å². The number of anilines is 2. The highest BCUT2D eigenvalue weighted by atomic mass is 16.6. The second-order valence-corrected chi connectivity index (χ2v) is 5.80. The molecule has 0 atom stereocenters. The van der Waals surface area contributed by atoms with Gasteiger partial charge in [-0.25, -0.2) is 0 Å². The van der Waals surface area contributed by atoms with Gasteiger partial charge in [0.25, 0.3) is 5.91 Å². The van der Waals surface area contributed by atoms with Gasteiger partial charge in [-0.1, -0.05) is 6.07 Å². The molecule has 1 fully saturated rings. The van der Waals surface area contributed by atoms with Gasteiger partial charge in [-0.15, -0.1) is 0 Å². The predicted octanol–water partition coefficient (Wildman–Crippen LogP) is 2.98. The molecule has 3 rings (SSSR count). The standard InChI is InChI=1S/C18H17N3O5/c1-26-16-8-7-12(10-15(16)21(24)25)18(23)19-13-4-2-5-14(11-13)20-9-3-6-17(20)22/h2,4-5,7-8,10-11H,3,6,9H2,1H3,(H,19,23). The van der Waals surface area contributed by atoms with Crippen LogP contribution in [0.1, 0.15) is 23.2 Å². The molecule has 8 heteroatoms. The number of ether oxygens (including phenoxy) is 1. The van der Waals surface area contributed by atoms with E-state index in [1.54, 1.807) is 29.2 Å². The molecule has 2 aromatic carbocycles. The van der Waals surface area contributed by atoms with Gasteiger partial charge in [0.15, 0.2) is 5.75 Å². The lowest BCUT2D eigenvalue weighted by Crippen LogP contribution is -2.23. The van der Waals surface area contributed by atoms with Crippen molar-refractivity contribution >= 4 is 28.9 Å². The van der Waals surface area contributed by atoms with Crippen molar-refractivity contribution in [2.75, 3.05) is 23.9 Å². The van der Waals surface area contributed by atoms with Gasteiger partial charge in [0.2, 0.25) is 5.91 Å². The minimum absolute atomic E-state index is 0.0549. The average molecular weight is 355 g/mol. The van der Waals surface area contributed by atoms with E-state index in [0.717, 1.165) is 6.42 Å². The summed E-state index contributed by atoms with van der Waals surface area (Å²) in [6.07, 6.45) is 1.33. The lowest BCUT2D eigenvalue weighted by atomic mass is 10.1. The number of nitro benzene ring substituents is 1. The lowest BCUT2D eigenvalue weighted by molar-refractivity contribution is -0.385. The largest absolute Gasteiger partial charge is 0.490 e. The Kier molecular flexibility index (Phi) is 4.83. The van der Waals surface area contributed by atoms with Crippen LogP contribution in [0, 0.1) is 10.1 Å². The van der Waals surface area contributed by atoms with E-state index in [4.69, 9.17) is 4.74 Å². The minimum atomic E-state index is -0.602. The van der Waals surface area contributed by atoms with Crippen molar-refractivity contribution in [2.45, 2.75) is 12.8 Å². The highest BCUT2D eigenvalue weighted by molar-refractivity contribution is 6.05. The second kappa shape index (κ2) is 7.22. The van der Waals surface area contributed by atoms with Crippen molar-refractivity contribution in [1.29, 1.82) is 0 Å². The summed E-state index contributed by atoms with van der Waals surface area (Å²) in [4.78, 5) is 36.4. The smallest absolute Gasteiger partial charge is 0.311 e. The van der Waals surface area contributed by atoms with Crippen LogP contribution >= 0.6 is 0 Å². The Bertz CT molecular complexity index is 881. The number of hydrogen-bond acceptors (Lipinski definition) is 5. The number of nitro groups is 1. The van der Waals surface area contributed by atoms with Gasteiger partial charge in [-0.2, -0.15) is 0 Å². The van der Waals surface area contributed by atoms with Gasteiger partial charge in [-0.05, 0) is 36.8 Å². The summed E-state index contributed by atoms with van der Waals surface area (Å²) in [5, 5.41) is 13.8. The Labute approximate surface area is 149 Å². The topological polar surface area (TPSA) is 102 Å². The fraction of sp³-hybridized carbons (Fsp3) is 0.222. The number of hydrogen-bond donors (Lipinski definition) is 1. The Hall–Kier alpha value is -3.42. The zero-order valence-corrected chi connectivity index (χ0v) is 14.1. The summed E-state index contributed by atoms with van der Waals surface area (Å²) in [6.45, 7) is 0.654. The first-order valence-corrected chi connectivity index (χ1v) is 8.04. The zero-order valence-electron chi connectivity index (χ0n) is 14.1. The zero-order chi connectivity index (χ0) is 18.7. The maximum Gasteiger partial charge on any atom is 0.311 e. The van der Waals surface area contributed by atoms with E-state index in [2.05, 4.69) is 5.32 Å². The van der Waals surface area contributed by atoms with Crippen LogP contribution in [0.25, 0.3) is 0 Å². The van der Waals surface area contributed by atoms with Crippen molar-refractivity contribution in [3.63, 3.8) is 0 Å². The lowest BCUT2D eigenvalue weighted by Gasteiger charge is -2.16. The first-order chi connectivity index (χ1) is 12.5. The van der Waals surface area contributed by atoms with E-state index < -0.39 is 10.8 Å².